The van der Waals surface area contributed by atoms with Crippen LogP contribution in [0, 0.1) is 0 Å². The molecule has 2 aliphatic carbocycles. The monoisotopic (exact) mass is 329 g/mol. The summed E-state index contributed by atoms with van der Waals surface area (Å²) < 4.78 is 1.84. The van der Waals surface area contributed by atoms with E-state index in [9.17, 15) is 4.79 Å². The third-order valence-corrected chi connectivity index (χ3v) is 5.48. The van der Waals surface area contributed by atoms with Crippen LogP contribution in [0.25, 0.3) is 0 Å². The summed E-state index contributed by atoms with van der Waals surface area (Å²) in [7, 11) is 0. The number of thioether (sulfide) groups is 1. The molecule has 6 nitrogen and oxygen atoms in total. The van der Waals surface area contributed by atoms with Crippen molar-refractivity contribution >= 4 is 17.7 Å². The van der Waals surface area contributed by atoms with Gasteiger partial charge in [0, 0.05) is 12.0 Å². The van der Waals surface area contributed by atoms with Gasteiger partial charge in [-0.05, 0) is 41.7 Å². The molecule has 23 heavy (non-hydrogen) atoms. The van der Waals surface area contributed by atoms with Crippen molar-refractivity contribution in [1.82, 2.24) is 25.5 Å². The largest absolute Gasteiger partial charge is 0.354 e. The number of carbonyl (C=O) groups is 1. The van der Waals surface area contributed by atoms with Gasteiger partial charge in [0.1, 0.15) is 0 Å². The van der Waals surface area contributed by atoms with Crippen molar-refractivity contribution < 1.29 is 4.79 Å². The van der Waals surface area contributed by atoms with Gasteiger partial charge >= 0.3 is 0 Å². The van der Waals surface area contributed by atoms with Gasteiger partial charge in [0.15, 0.2) is 0 Å². The molecular formula is C16H19N5OS. The van der Waals surface area contributed by atoms with Crippen molar-refractivity contribution in [1.29, 1.82) is 0 Å². The van der Waals surface area contributed by atoms with Crippen molar-refractivity contribution in [3.63, 3.8) is 0 Å². The minimum Gasteiger partial charge on any atom is -0.354 e. The summed E-state index contributed by atoms with van der Waals surface area (Å²) in [6, 6.07) is 10.9. The molecule has 1 N–H and O–H groups in total. The lowest BCUT2D eigenvalue weighted by Crippen LogP contribution is -2.33. The highest BCUT2D eigenvalue weighted by molar-refractivity contribution is 7.99. The van der Waals surface area contributed by atoms with E-state index in [1.165, 1.54) is 17.3 Å². The van der Waals surface area contributed by atoms with E-state index in [-0.39, 0.29) is 11.3 Å². The summed E-state index contributed by atoms with van der Waals surface area (Å²) in [5.41, 5.74) is 1.47. The molecule has 0 saturated heterocycles. The van der Waals surface area contributed by atoms with Crippen molar-refractivity contribution in [2.45, 2.75) is 42.3 Å². The average Bonchev–Trinajstić information content (AvgIpc) is 3.51. The molecule has 0 aliphatic heterocycles. The van der Waals surface area contributed by atoms with Crippen LogP contribution in [0.3, 0.4) is 0 Å². The van der Waals surface area contributed by atoms with Crippen LogP contribution < -0.4 is 5.32 Å². The smallest absolute Gasteiger partial charge is 0.230 e. The lowest BCUT2D eigenvalue weighted by atomic mass is 9.96. The molecule has 7 heteroatoms. The van der Waals surface area contributed by atoms with Crippen molar-refractivity contribution in [3.05, 3.63) is 35.9 Å². The normalized spacial score (nSPS) is 18.6. The minimum atomic E-state index is 0.0440. The van der Waals surface area contributed by atoms with Gasteiger partial charge in [0.2, 0.25) is 11.1 Å². The van der Waals surface area contributed by atoms with Crippen LogP contribution >= 0.6 is 11.8 Å². The van der Waals surface area contributed by atoms with Crippen LogP contribution in [-0.4, -0.2) is 38.4 Å². The highest BCUT2D eigenvalue weighted by atomic mass is 32.2. The third kappa shape index (κ3) is 3.24. The molecule has 120 valence electrons. The summed E-state index contributed by atoms with van der Waals surface area (Å²) in [4.78, 5) is 12.1. The van der Waals surface area contributed by atoms with Gasteiger partial charge in [0.25, 0.3) is 0 Å². The first-order valence-electron chi connectivity index (χ1n) is 8.00. The Morgan fingerprint density at radius 2 is 2.09 bits per heavy atom. The van der Waals surface area contributed by atoms with E-state index in [0.29, 0.717) is 18.3 Å². The molecule has 2 aliphatic rings. The number of hydrogen-bond acceptors (Lipinski definition) is 5. The van der Waals surface area contributed by atoms with Gasteiger partial charge in [-0.15, -0.1) is 5.10 Å². The Morgan fingerprint density at radius 3 is 2.78 bits per heavy atom. The van der Waals surface area contributed by atoms with Gasteiger partial charge in [-0.3, -0.25) is 4.79 Å². The Labute approximate surface area is 139 Å². The number of aromatic nitrogens is 4. The number of nitrogens with zero attached hydrogens (tertiary/aromatic N) is 4. The zero-order valence-electron chi connectivity index (χ0n) is 12.8. The predicted molar refractivity (Wildman–Crippen MR) is 87.2 cm³/mol. The second-order valence-electron chi connectivity index (χ2n) is 6.35. The Balaban J connectivity index is 1.28. The number of carbonyl (C=O) groups excluding carboxylic acids is 1. The number of benzene rings is 1. The zero-order chi connectivity index (χ0) is 15.7. The number of hydrogen-bond donors (Lipinski definition) is 1. The fourth-order valence-electron chi connectivity index (χ4n) is 2.79. The number of amides is 1. The lowest BCUT2D eigenvalue weighted by molar-refractivity contribution is -0.118. The topological polar surface area (TPSA) is 72.7 Å². The Kier molecular flexibility index (Phi) is 3.80. The molecule has 2 saturated carbocycles. The Bertz CT molecular complexity index is 694. The van der Waals surface area contributed by atoms with Crippen LogP contribution in [0.4, 0.5) is 0 Å². The second kappa shape index (κ2) is 5.96. The van der Waals surface area contributed by atoms with Crippen molar-refractivity contribution in [2.75, 3.05) is 12.3 Å². The summed E-state index contributed by atoms with van der Waals surface area (Å²) in [6.45, 7) is 0.712. The van der Waals surface area contributed by atoms with Crippen molar-refractivity contribution in [2.24, 2.45) is 0 Å². The molecule has 0 bridgehead atoms. The van der Waals surface area contributed by atoms with Crippen LogP contribution in [0.5, 0.6) is 0 Å². The van der Waals surface area contributed by atoms with E-state index in [2.05, 4.69) is 45.1 Å². The second-order valence-corrected chi connectivity index (χ2v) is 7.29. The lowest BCUT2D eigenvalue weighted by Gasteiger charge is -2.16. The summed E-state index contributed by atoms with van der Waals surface area (Å²) in [6.07, 6.45) is 4.55. The Morgan fingerprint density at radius 1 is 1.30 bits per heavy atom. The maximum absolute atomic E-state index is 12.1. The van der Waals surface area contributed by atoms with E-state index < -0.39 is 0 Å². The molecule has 1 aromatic heterocycles. The average molecular weight is 329 g/mol. The first-order valence-corrected chi connectivity index (χ1v) is 8.98. The van der Waals surface area contributed by atoms with Crippen LogP contribution in [0.15, 0.2) is 35.5 Å². The highest BCUT2D eigenvalue weighted by Crippen LogP contribution is 2.47. The maximum atomic E-state index is 12.1. The third-order valence-electron chi connectivity index (χ3n) is 4.55. The number of rotatable bonds is 7. The summed E-state index contributed by atoms with van der Waals surface area (Å²) >= 11 is 1.41. The quantitative estimate of drug-likeness (QED) is 0.786. The first-order chi connectivity index (χ1) is 11.3. The molecular weight excluding hydrogens is 310 g/mol. The van der Waals surface area contributed by atoms with E-state index >= 15 is 0 Å². The summed E-state index contributed by atoms with van der Waals surface area (Å²) in [5.74, 6) is 0.403. The molecule has 4 rings (SSSR count). The molecule has 0 spiro atoms. The molecule has 2 fully saturated rings. The molecule has 2 aromatic rings. The molecule has 0 unspecified atom stereocenters. The van der Waals surface area contributed by atoms with Crippen LogP contribution in [-0.2, 0) is 10.2 Å². The van der Waals surface area contributed by atoms with Gasteiger partial charge < -0.3 is 5.32 Å². The molecule has 0 radical (unpaired) electrons. The molecule has 0 atom stereocenters. The predicted octanol–water partition coefficient (Wildman–Crippen LogP) is 1.95. The molecule has 1 amide bonds. The fraction of sp³-hybridized carbons (Fsp3) is 0.500. The van der Waals surface area contributed by atoms with Gasteiger partial charge in [-0.1, -0.05) is 42.1 Å². The van der Waals surface area contributed by atoms with Crippen molar-refractivity contribution in [3.8, 4) is 0 Å². The summed E-state index contributed by atoms with van der Waals surface area (Å²) in [5, 5.41) is 15.5. The molecule has 1 heterocycles. The SMILES string of the molecule is O=C(CSc1nnnn1C1CC1)NCC1(c2ccccc2)CC1. The standard InChI is InChI=1S/C16H19N5OS/c22-14(10-23-15-18-19-20-21(15)13-6-7-13)17-11-16(8-9-16)12-4-2-1-3-5-12/h1-5,13H,6-11H2,(H,17,22). The highest BCUT2D eigenvalue weighted by Gasteiger charge is 2.44. The maximum Gasteiger partial charge on any atom is 0.230 e. The number of nitrogens with one attached hydrogen (secondary N) is 1. The van der Waals surface area contributed by atoms with E-state index in [1.54, 1.807) is 0 Å². The first kappa shape index (κ1) is 14.7. The number of tetrazole rings is 1. The van der Waals surface area contributed by atoms with E-state index in [1.807, 2.05) is 10.7 Å². The fourth-order valence-corrected chi connectivity index (χ4v) is 3.56. The van der Waals surface area contributed by atoms with E-state index in [4.69, 9.17) is 0 Å². The van der Waals surface area contributed by atoms with Crippen LogP contribution in [0.1, 0.15) is 37.3 Å². The van der Waals surface area contributed by atoms with E-state index in [0.717, 1.165) is 30.8 Å². The molecule has 1 aromatic carbocycles. The minimum absolute atomic E-state index is 0.0440. The zero-order valence-corrected chi connectivity index (χ0v) is 13.6. The van der Waals surface area contributed by atoms with Gasteiger partial charge in [-0.2, -0.15) is 0 Å². The van der Waals surface area contributed by atoms with Gasteiger partial charge in [-0.25, -0.2) is 4.68 Å². The van der Waals surface area contributed by atoms with Crippen LogP contribution in [0.2, 0.25) is 0 Å². The Hall–Kier alpha value is -1.89. The van der Waals surface area contributed by atoms with Gasteiger partial charge in [0.05, 0.1) is 11.8 Å².